The minimum Gasteiger partial charge on any atom is -0.409 e. The van der Waals surface area contributed by atoms with Gasteiger partial charge >= 0.3 is 0 Å². The van der Waals surface area contributed by atoms with Crippen molar-refractivity contribution in [2.45, 2.75) is 89.4 Å². The third-order valence-corrected chi connectivity index (χ3v) is 14.7. The minimum absolute atomic E-state index is 0.000732. The number of hydrogen-bond donors (Lipinski definition) is 2. The average Bonchev–Trinajstić information content (AvgIpc) is 3.54. The molecule has 0 unspecified atom stereocenters. The van der Waals surface area contributed by atoms with E-state index >= 15 is 0 Å². The monoisotopic (exact) mass is 539 g/mol. The molecule has 1 aromatic carbocycles. The van der Waals surface area contributed by atoms with E-state index in [9.17, 15) is 14.4 Å². The molecule has 5 aliphatic rings. The number of benzene rings is 1. The first kappa shape index (κ1) is 26.0. The molecule has 6 rings (SSSR count). The van der Waals surface area contributed by atoms with Gasteiger partial charge in [-0.25, -0.2) is 0 Å². The molecule has 3 aliphatic heterocycles. The first-order chi connectivity index (χ1) is 17.9. The number of carbonyl (C=O) groups excluding carboxylic acids is 3. The average molecular weight is 540 g/mol. The number of rotatable bonds is 6. The molecule has 9 heteroatoms. The predicted octanol–water partition coefficient (Wildman–Crippen LogP) is 3.98. The third kappa shape index (κ3) is 4.31. The van der Waals surface area contributed by atoms with Crippen LogP contribution in [0.2, 0.25) is 18.1 Å². The number of fused-ring (bicyclic) bond motifs is 9. The molecule has 8 nitrogen and oxygen atoms in total. The molecule has 0 spiro atoms. The summed E-state index contributed by atoms with van der Waals surface area (Å²) in [5, 5.41) is 6.74. The molecule has 38 heavy (non-hydrogen) atoms. The Balaban J connectivity index is 1.06. The second kappa shape index (κ2) is 9.17. The Kier molecular flexibility index (Phi) is 6.27. The summed E-state index contributed by atoms with van der Waals surface area (Å²) in [5.41, 5.74) is 3.13. The Bertz CT molecular complexity index is 1140. The summed E-state index contributed by atoms with van der Waals surface area (Å²) >= 11 is 0. The van der Waals surface area contributed by atoms with Crippen LogP contribution in [0.5, 0.6) is 0 Å². The zero-order valence-electron chi connectivity index (χ0n) is 23.2. The molecule has 3 heterocycles. The summed E-state index contributed by atoms with van der Waals surface area (Å²) < 4.78 is 13.0. The maximum absolute atomic E-state index is 12.9. The van der Waals surface area contributed by atoms with Crippen LogP contribution < -0.4 is 10.6 Å². The lowest BCUT2D eigenvalue weighted by Crippen LogP contribution is -2.54. The van der Waals surface area contributed by atoms with Gasteiger partial charge in [-0.2, -0.15) is 0 Å². The number of ether oxygens (including phenoxy) is 1. The van der Waals surface area contributed by atoms with Crippen LogP contribution in [-0.2, 0) is 30.1 Å². The SMILES string of the molecule is CC(C)(C)[Si](C)(C)O[C@@H]1CO[C@@H]2C[C@H]1Nc1ccc(CNC(=O)CN3C(=O)[C@@H]4[C@H]5CC[C@H](C5)[C@@H]4C3=O)cc12. The molecule has 2 N–H and O–H groups in total. The van der Waals surface area contributed by atoms with E-state index in [0.717, 1.165) is 42.5 Å². The highest BCUT2D eigenvalue weighted by atomic mass is 28.4. The Morgan fingerprint density at radius 3 is 2.47 bits per heavy atom. The lowest BCUT2D eigenvalue weighted by Gasteiger charge is -2.47. The summed E-state index contributed by atoms with van der Waals surface area (Å²) in [6.45, 7) is 12.0. The van der Waals surface area contributed by atoms with Crippen molar-refractivity contribution in [2.75, 3.05) is 18.5 Å². The smallest absolute Gasteiger partial charge is 0.240 e. The molecule has 2 saturated heterocycles. The van der Waals surface area contributed by atoms with Crippen molar-refractivity contribution in [2.24, 2.45) is 23.7 Å². The number of anilines is 1. The Labute approximate surface area is 226 Å². The minimum atomic E-state index is -1.91. The van der Waals surface area contributed by atoms with Crippen molar-refractivity contribution < 1.29 is 23.5 Å². The topological polar surface area (TPSA) is 97.0 Å². The van der Waals surface area contributed by atoms with Crippen LogP contribution in [0, 0.1) is 23.7 Å². The van der Waals surface area contributed by atoms with E-state index in [1.807, 2.05) is 6.07 Å². The number of amides is 3. The molecule has 7 atom stereocenters. The number of likely N-dealkylation sites (tertiary alicyclic amines) is 1. The summed E-state index contributed by atoms with van der Waals surface area (Å²) in [4.78, 5) is 39.8. The molecule has 0 aromatic heterocycles. The van der Waals surface area contributed by atoms with Crippen molar-refractivity contribution in [1.82, 2.24) is 10.2 Å². The van der Waals surface area contributed by atoms with E-state index in [-0.39, 0.29) is 59.4 Å². The van der Waals surface area contributed by atoms with Gasteiger partial charge in [-0.05, 0) is 66.9 Å². The molecular formula is C29H41N3O5Si. The maximum atomic E-state index is 12.9. The summed E-state index contributed by atoms with van der Waals surface area (Å²) in [6.07, 6.45) is 3.95. The molecule has 4 bridgehead atoms. The van der Waals surface area contributed by atoms with Crippen molar-refractivity contribution >= 4 is 31.7 Å². The van der Waals surface area contributed by atoms with E-state index < -0.39 is 8.32 Å². The Morgan fingerprint density at radius 1 is 1.13 bits per heavy atom. The van der Waals surface area contributed by atoms with Crippen LogP contribution in [0.1, 0.15) is 63.7 Å². The van der Waals surface area contributed by atoms with E-state index in [1.165, 1.54) is 4.90 Å². The van der Waals surface area contributed by atoms with Crippen LogP contribution in [0.15, 0.2) is 18.2 Å². The van der Waals surface area contributed by atoms with Crippen molar-refractivity contribution in [3.8, 4) is 0 Å². The first-order valence-electron chi connectivity index (χ1n) is 14.2. The fraction of sp³-hybridized carbons (Fsp3) is 0.690. The van der Waals surface area contributed by atoms with Crippen molar-refractivity contribution in [1.29, 1.82) is 0 Å². The maximum Gasteiger partial charge on any atom is 0.240 e. The van der Waals surface area contributed by atoms with E-state index in [1.54, 1.807) is 0 Å². The zero-order chi connectivity index (χ0) is 27.0. The predicted molar refractivity (Wildman–Crippen MR) is 146 cm³/mol. The second-order valence-electron chi connectivity index (χ2n) is 13.6. The van der Waals surface area contributed by atoms with E-state index in [2.05, 4.69) is 56.6 Å². The summed E-state index contributed by atoms with van der Waals surface area (Å²) in [5.74, 6) is -0.288. The lowest BCUT2D eigenvalue weighted by atomic mass is 9.81. The largest absolute Gasteiger partial charge is 0.409 e. The van der Waals surface area contributed by atoms with Gasteiger partial charge in [0.15, 0.2) is 8.32 Å². The molecule has 0 radical (unpaired) electrons. The van der Waals surface area contributed by atoms with E-state index in [4.69, 9.17) is 9.16 Å². The van der Waals surface area contributed by atoms with Gasteiger partial charge in [0, 0.05) is 24.2 Å². The van der Waals surface area contributed by atoms with Crippen LogP contribution in [0.3, 0.4) is 0 Å². The molecular weight excluding hydrogens is 498 g/mol. The van der Waals surface area contributed by atoms with Gasteiger partial charge in [-0.3, -0.25) is 19.3 Å². The van der Waals surface area contributed by atoms with Crippen molar-refractivity contribution in [3.63, 3.8) is 0 Å². The number of carbonyl (C=O) groups is 3. The fourth-order valence-corrected chi connectivity index (χ4v) is 8.51. The zero-order valence-corrected chi connectivity index (χ0v) is 24.2. The third-order valence-electron chi connectivity index (χ3n) is 10.2. The highest BCUT2D eigenvalue weighted by molar-refractivity contribution is 6.74. The molecule has 2 saturated carbocycles. The second-order valence-corrected chi connectivity index (χ2v) is 18.3. The summed E-state index contributed by atoms with van der Waals surface area (Å²) in [6, 6.07) is 6.36. The molecule has 4 fully saturated rings. The highest BCUT2D eigenvalue weighted by Gasteiger charge is 2.61. The van der Waals surface area contributed by atoms with Gasteiger partial charge in [0.05, 0.1) is 36.7 Å². The van der Waals surface area contributed by atoms with Crippen LogP contribution in [0.25, 0.3) is 0 Å². The molecule has 2 aliphatic carbocycles. The van der Waals surface area contributed by atoms with Crippen molar-refractivity contribution in [3.05, 3.63) is 29.3 Å². The molecule has 206 valence electrons. The highest BCUT2D eigenvalue weighted by Crippen LogP contribution is 2.56. The molecule has 1 aromatic rings. The van der Waals surface area contributed by atoms with Gasteiger partial charge in [-0.15, -0.1) is 0 Å². The van der Waals surface area contributed by atoms with E-state index in [0.29, 0.717) is 25.0 Å². The number of hydrogen-bond acceptors (Lipinski definition) is 6. The lowest BCUT2D eigenvalue weighted by molar-refractivity contribution is -0.144. The van der Waals surface area contributed by atoms with Crippen LogP contribution in [0.4, 0.5) is 5.69 Å². The standard InChI is InChI=1S/C29H41N3O5Si/c1-29(2,3)38(4,5)37-23-15-36-22-12-21(23)31-20-9-6-16(10-19(20)22)13-30-24(33)14-32-27(34)25-17-7-8-18(11-17)26(25)28(32)35/h6,9-10,17-18,21-23,25-26,31H,7-8,11-15H2,1-5H3,(H,30,33)/t17-,18+,21-,22-,23-,25+,26-/m1/s1. The Morgan fingerprint density at radius 2 is 1.82 bits per heavy atom. The number of nitrogens with zero attached hydrogens (tertiary/aromatic N) is 1. The number of imide groups is 1. The van der Waals surface area contributed by atoms with Gasteiger partial charge in [0.25, 0.3) is 0 Å². The van der Waals surface area contributed by atoms with Gasteiger partial charge < -0.3 is 19.8 Å². The quantitative estimate of drug-likeness (QED) is 0.419. The van der Waals surface area contributed by atoms with Gasteiger partial charge in [0.1, 0.15) is 6.54 Å². The normalized spacial score (nSPS) is 33.7. The van der Waals surface area contributed by atoms with Crippen LogP contribution in [-0.4, -0.2) is 56.2 Å². The fourth-order valence-electron chi connectivity index (χ4n) is 7.16. The Hall–Kier alpha value is -2.23. The first-order valence-corrected chi connectivity index (χ1v) is 17.1. The molecule has 3 amide bonds. The van der Waals surface area contributed by atoms with Crippen LogP contribution >= 0.6 is 0 Å². The van der Waals surface area contributed by atoms with Gasteiger partial charge in [-0.1, -0.05) is 26.8 Å². The van der Waals surface area contributed by atoms with Gasteiger partial charge in [0.2, 0.25) is 17.7 Å². The number of nitrogens with one attached hydrogen (secondary N) is 2. The summed E-state index contributed by atoms with van der Waals surface area (Å²) in [7, 11) is -1.91.